The number of hydrogen-bond acceptors (Lipinski definition) is 5. The SMILES string of the molecule is CCCCCNC(=O)C1N(CCCCO)C(=O)[C@@H]2[C@H](C(=O)NCc3ccccc3)[C@@H]3CCC12O3. The van der Waals surface area contributed by atoms with Crippen LogP contribution in [0.5, 0.6) is 0 Å². The average molecular weight is 472 g/mol. The summed E-state index contributed by atoms with van der Waals surface area (Å²) in [4.78, 5) is 41.9. The molecule has 5 atom stereocenters. The van der Waals surface area contributed by atoms with Gasteiger partial charge in [-0.25, -0.2) is 0 Å². The number of unbranched alkanes of at least 4 members (excludes halogenated alkanes) is 3. The number of amides is 3. The van der Waals surface area contributed by atoms with Crippen molar-refractivity contribution in [3.05, 3.63) is 35.9 Å². The molecule has 1 aromatic rings. The van der Waals surface area contributed by atoms with Crippen molar-refractivity contribution in [1.29, 1.82) is 0 Å². The van der Waals surface area contributed by atoms with Crippen LogP contribution in [0.25, 0.3) is 0 Å². The molecule has 3 saturated heterocycles. The number of nitrogens with one attached hydrogen (secondary N) is 2. The van der Waals surface area contributed by atoms with Gasteiger partial charge >= 0.3 is 0 Å². The van der Waals surface area contributed by atoms with Crippen LogP contribution in [0.15, 0.2) is 30.3 Å². The molecule has 3 aliphatic heterocycles. The number of aliphatic hydroxyl groups is 1. The predicted octanol–water partition coefficient (Wildman–Crippen LogP) is 1.76. The molecule has 4 rings (SSSR count). The fourth-order valence-electron chi connectivity index (χ4n) is 5.97. The summed E-state index contributed by atoms with van der Waals surface area (Å²) >= 11 is 0. The summed E-state index contributed by atoms with van der Waals surface area (Å²) < 4.78 is 6.40. The van der Waals surface area contributed by atoms with Crippen LogP contribution >= 0.6 is 0 Å². The Morgan fingerprint density at radius 1 is 1.12 bits per heavy atom. The first kappa shape index (κ1) is 24.7. The fraction of sp³-hybridized carbons (Fsp3) is 0.654. The first-order valence-electron chi connectivity index (χ1n) is 12.7. The van der Waals surface area contributed by atoms with E-state index < -0.39 is 23.5 Å². The second-order valence-electron chi connectivity index (χ2n) is 9.72. The van der Waals surface area contributed by atoms with Gasteiger partial charge in [0, 0.05) is 26.2 Å². The van der Waals surface area contributed by atoms with Crippen LogP contribution in [-0.4, -0.2) is 65.2 Å². The zero-order valence-corrected chi connectivity index (χ0v) is 20.0. The highest BCUT2D eigenvalue weighted by Gasteiger charge is 2.74. The molecule has 0 aliphatic carbocycles. The highest BCUT2D eigenvalue weighted by molar-refractivity contribution is 5.98. The Bertz CT molecular complexity index is 878. The zero-order valence-electron chi connectivity index (χ0n) is 20.0. The lowest BCUT2D eigenvalue weighted by atomic mass is 9.70. The molecule has 8 heteroatoms. The summed E-state index contributed by atoms with van der Waals surface area (Å²) in [6.45, 7) is 3.47. The van der Waals surface area contributed by atoms with Crippen molar-refractivity contribution >= 4 is 17.7 Å². The zero-order chi connectivity index (χ0) is 24.1. The number of fused-ring (bicyclic) bond motifs is 1. The summed E-state index contributed by atoms with van der Waals surface area (Å²) in [6.07, 6.45) is 5.03. The van der Waals surface area contributed by atoms with E-state index >= 15 is 0 Å². The van der Waals surface area contributed by atoms with Gasteiger partial charge in [0.05, 0.1) is 17.9 Å². The third kappa shape index (κ3) is 4.58. The molecule has 1 aromatic carbocycles. The molecule has 34 heavy (non-hydrogen) atoms. The Kier molecular flexibility index (Phi) is 7.88. The minimum Gasteiger partial charge on any atom is -0.396 e. The van der Waals surface area contributed by atoms with Crippen molar-refractivity contribution in [2.24, 2.45) is 11.8 Å². The maximum Gasteiger partial charge on any atom is 0.245 e. The monoisotopic (exact) mass is 471 g/mol. The molecule has 3 amide bonds. The lowest BCUT2D eigenvalue weighted by Gasteiger charge is -2.33. The van der Waals surface area contributed by atoms with E-state index in [1.54, 1.807) is 4.90 Å². The van der Waals surface area contributed by atoms with Gasteiger partial charge in [-0.3, -0.25) is 14.4 Å². The quantitative estimate of drug-likeness (QED) is 0.403. The molecular weight excluding hydrogens is 434 g/mol. The van der Waals surface area contributed by atoms with E-state index in [9.17, 15) is 19.5 Å². The Hall–Kier alpha value is -2.45. The third-order valence-electron chi connectivity index (χ3n) is 7.55. The summed E-state index contributed by atoms with van der Waals surface area (Å²) in [5.41, 5.74) is 0.0345. The van der Waals surface area contributed by atoms with E-state index in [-0.39, 0.29) is 30.4 Å². The molecule has 8 nitrogen and oxygen atoms in total. The predicted molar refractivity (Wildman–Crippen MR) is 126 cm³/mol. The van der Waals surface area contributed by atoms with Crippen LogP contribution in [0.2, 0.25) is 0 Å². The number of hydrogen-bond donors (Lipinski definition) is 3. The van der Waals surface area contributed by atoms with Gasteiger partial charge in [-0.1, -0.05) is 50.1 Å². The number of carbonyl (C=O) groups is 3. The minimum atomic E-state index is -0.954. The van der Waals surface area contributed by atoms with Gasteiger partial charge in [0.25, 0.3) is 0 Å². The second-order valence-corrected chi connectivity index (χ2v) is 9.72. The van der Waals surface area contributed by atoms with Crippen molar-refractivity contribution in [1.82, 2.24) is 15.5 Å². The van der Waals surface area contributed by atoms with Gasteiger partial charge in [0.2, 0.25) is 17.7 Å². The number of ether oxygens (including phenoxy) is 1. The van der Waals surface area contributed by atoms with Gasteiger partial charge in [-0.05, 0) is 37.7 Å². The molecule has 186 valence electrons. The summed E-state index contributed by atoms with van der Waals surface area (Å²) in [6, 6.07) is 8.93. The van der Waals surface area contributed by atoms with Crippen LogP contribution in [0.1, 0.15) is 57.4 Å². The smallest absolute Gasteiger partial charge is 0.245 e. The molecule has 1 spiro atoms. The Morgan fingerprint density at radius 2 is 1.91 bits per heavy atom. The van der Waals surface area contributed by atoms with Crippen molar-refractivity contribution in [2.75, 3.05) is 19.7 Å². The van der Waals surface area contributed by atoms with E-state index in [1.807, 2.05) is 30.3 Å². The van der Waals surface area contributed by atoms with E-state index in [2.05, 4.69) is 17.6 Å². The normalized spacial score (nSPS) is 29.4. The van der Waals surface area contributed by atoms with Crippen LogP contribution in [-0.2, 0) is 25.7 Å². The molecule has 0 saturated carbocycles. The fourth-order valence-corrected chi connectivity index (χ4v) is 5.97. The number of aliphatic hydroxyl groups excluding tert-OH is 1. The maximum absolute atomic E-state index is 13.7. The van der Waals surface area contributed by atoms with Crippen LogP contribution in [0.3, 0.4) is 0 Å². The van der Waals surface area contributed by atoms with E-state index in [0.29, 0.717) is 45.3 Å². The summed E-state index contributed by atoms with van der Waals surface area (Å²) in [5, 5.41) is 15.2. The van der Waals surface area contributed by atoms with Gasteiger partial charge in [0.1, 0.15) is 11.6 Å². The molecule has 0 aromatic heterocycles. The number of rotatable bonds is 12. The standard InChI is InChI=1S/C26H37N3O5/c1-2-3-7-14-27-24(32)22-26-13-12-19(34-26)20(21(26)25(33)29(22)15-8-9-16-30)23(31)28-17-18-10-5-4-6-11-18/h4-6,10-11,19-22,30H,2-3,7-9,12-17H2,1H3,(H,27,32)(H,28,31)/t19-,20+,21-,22?,26?/m0/s1. The molecular formula is C26H37N3O5. The van der Waals surface area contributed by atoms with E-state index in [0.717, 1.165) is 24.8 Å². The van der Waals surface area contributed by atoms with Gasteiger partial charge < -0.3 is 25.4 Å². The van der Waals surface area contributed by atoms with E-state index in [1.165, 1.54) is 0 Å². The Morgan fingerprint density at radius 3 is 2.65 bits per heavy atom. The molecule has 2 unspecified atom stereocenters. The molecule has 3 N–H and O–H groups in total. The number of nitrogens with zero attached hydrogens (tertiary/aromatic N) is 1. The van der Waals surface area contributed by atoms with Crippen LogP contribution in [0.4, 0.5) is 0 Å². The minimum absolute atomic E-state index is 0.0353. The van der Waals surface area contributed by atoms with Crippen LogP contribution < -0.4 is 10.6 Å². The Labute approximate surface area is 201 Å². The van der Waals surface area contributed by atoms with Crippen molar-refractivity contribution < 1.29 is 24.2 Å². The summed E-state index contributed by atoms with van der Waals surface area (Å²) in [7, 11) is 0. The summed E-state index contributed by atoms with van der Waals surface area (Å²) in [5.74, 6) is -1.80. The number of carbonyl (C=O) groups excluding carboxylic acids is 3. The molecule has 2 bridgehead atoms. The van der Waals surface area contributed by atoms with Gasteiger partial charge in [-0.15, -0.1) is 0 Å². The van der Waals surface area contributed by atoms with E-state index in [4.69, 9.17) is 4.74 Å². The molecule has 3 heterocycles. The van der Waals surface area contributed by atoms with Gasteiger partial charge in [-0.2, -0.15) is 0 Å². The van der Waals surface area contributed by atoms with Crippen LogP contribution in [0, 0.1) is 11.8 Å². The van der Waals surface area contributed by atoms with Gasteiger partial charge in [0.15, 0.2) is 0 Å². The lowest BCUT2D eigenvalue weighted by Crippen LogP contribution is -2.55. The van der Waals surface area contributed by atoms with Crippen molar-refractivity contribution in [3.8, 4) is 0 Å². The first-order valence-corrected chi connectivity index (χ1v) is 12.7. The molecule has 3 fully saturated rings. The van der Waals surface area contributed by atoms with Crippen molar-refractivity contribution in [2.45, 2.75) is 76.2 Å². The van der Waals surface area contributed by atoms with Crippen molar-refractivity contribution in [3.63, 3.8) is 0 Å². The highest BCUT2D eigenvalue weighted by Crippen LogP contribution is 2.58. The number of benzene rings is 1. The third-order valence-corrected chi connectivity index (χ3v) is 7.55. The highest BCUT2D eigenvalue weighted by atomic mass is 16.5. The average Bonchev–Trinajstić information content (AvgIpc) is 3.49. The molecule has 0 radical (unpaired) electrons. The number of likely N-dealkylation sites (tertiary alicyclic amines) is 1. The maximum atomic E-state index is 13.7. The largest absolute Gasteiger partial charge is 0.396 e. The lowest BCUT2D eigenvalue weighted by molar-refractivity contribution is -0.142. The molecule has 3 aliphatic rings. The first-order chi connectivity index (χ1) is 16.5. The Balaban J connectivity index is 1.53. The second kappa shape index (κ2) is 10.9. The topological polar surface area (TPSA) is 108 Å².